The van der Waals surface area contributed by atoms with Crippen molar-refractivity contribution in [3.8, 4) is 11.5 Å². The van der Waals surface area contributed by atoms with Crippen molar-refractivity contribution in [3.63, 3.8) is 0 Å². The number of nitrogens with zero attached hydrogens (tertiary/aromatic N) is 3. The van der Waals surface area contributed by atoms with Crippen LogP contribution in [0.1, 0.15) is 48.1 Å². The van der Waals surface area contributed by atoms with Crippen LogP contribution in [0, 0.1) is 0 Å². The molecule has 8 nitrogen and oxygen atoms in total. The van der Waals surface area contributed by atoms with Crippen LogP contribution >= 0.6 is 46.3 Å². The Labute approximate surface area is 266 Å². The van der Waals surface area contributed by atoms with Gasteiger partial charge in [-0.25, -0.2) is 0 Å². The van der Waals surface area contributed by atoms with E-state index in [0.29, 0.717) is 56.0 Å². The molecular weight excluding hydrogens is 629 g/mol. The number of ether oxygens (including phenoxy) is 2. The molecule has 0 spiro atoms. The van der Waals surface area contributed by atoms with Crippen molar-refractivity contribution in [2.75, 3.05) is 18.1 Å². The van der Waals surface area contributed by atoms with Crippen LogP contribution in [0.5, 0.6) is 11.5 Å². The molecule has 2 aliphatic heterocycles. The molecule has 2 aliphatic rings. The minimum absolute atomic E-state index is 0.0451. The molecule has 0 bridgehead atoms. The predicted octanol–water partition coefficient (Wildman–Crippen LogP) is 7.66. The highest BCUT2D eigenvalue weighted by molar-refractivity contribution is 8.00. The van der Waals surface area contributed by atoms with E-state index in [2.05, 4.69) is 24.0 Å². The van der Waals surface area contributed by atoms with E-state index in [-0.39, 0.29) is 22.4 Å². The molecule has 3 aromatic carbocycles. The summed E-state index contributed by atoms with van der Waals surface area (Å²) in [4.78, 5) is 28.5. The standard InChI is InChI=1S/C31H25Cl2N3O5S2/c1-16(2)17-3-5-18(6-4-17)26-25(27(37)19-8-10-23-24(13-19)41-12-11-40-23)28(38)29(39)36(26)30-34-35-31(43-30)42-15-20-7-9-21(32)14-22(20)33/h3-10,13-14,16,26,37H,11-12,15H2,1-2H3/b27-25+/t26-/m1/s1. The number of aromatic nitrogens is 2. The first-order valence-corrected chi connectivity index (χ1v) is 16.0. The Morgan fingerprint density at radius 3 is 2.49 bits per heavy atom. The SMILES string of the molecule is CC(C)c1ccc([C@@H]2/C(=C(\O)c3ccc4c(c3)OCCO4)C(=O)C(=O)N2c2nnc(SCc3ccc(Cl)cc3Cl)s2)cc1. The molecule has 1 saturated heterocycles. The average molecular weight is 655 g/mol. The molecule has 0 radical (unpaired) electrons. The van der Waals surface area contributed by atoms with Crippen LogP contribution in [-0.4, -0.2) is 40.2 Å². The Hall–Kier alpha value is -3.57. The fourth-order valence-electron chi connectivity index (χ4n) is 4.89. The van der Waals surface area contributed by atoms with Crippen LogP contribution < -0.4 is 14.4 Å². The monoisotopic (exact) mass is 653 g/mol. The highest BCUT2D eigenvalue weighted by Gasteiger charge is 2.48. The third-order valence-electron chi connectivity index (χ3n) is 7.15. The molecule has 1 N–H and O–H groups in total. The largest absolute Gasteiger partial charge is 0.507 e. The number of ketones is 1. The van der Waals surface area contributed by atoms with Gasteiger partial charge in [-0.15, -0.1) is 10.2 Å². The van der Waals surface area contributed by atoms with Gasteiger partial charge in [0.25, 0.3) is 5.78 Å². The van der Waals surface area contributed by atoms with Crippen molar-refractivity contribution in [2.24, 2.45) is 0 Å². The summed E-state index contributed by atoms with van der Waals surface area (Å²) < 4.78 is 11.9. The average Bonchev–Trinajstić information content (AvgIpc) is 3.57. The number of carbonyl (C=O) groups is 2. The maximum absolute atomic E-state index is 13.6. The number of hydrogen-bond acceptors (Lipinski definition) is 9. The van der Waals surface area contributed by atoms with Crippen LogP contribution in [0.4, 0.5) is 5.13 Å². The summed E-state index contributed by atoms with van der Waals surface area (Å²) in [6.07, 6.45) is 0. The highest BCUT2D eigenvalue weighted by Crippen LogP contribution is 2.45. The Morgan fingerprint density at radius 2 is 1.77 bits per heavy atom. The summed E-state index contributed by atoms with van der Waals surface area (Å²) in [6.45, 7) is 4.96. The number of Topliss-reactive ketones (excluding diaryl/α,β-unsaturated/α-hetero) is 1. The first-order chi connectivity index (χ1) is 20.7. The third-order valence-corrected chi connectivity index (χ3v) is 9.84. The van der Waals surface area contributed by atoms with Crippen molar-refractivity contribution in [2.45, 2.75) is 35.9 Å². The molecular formula is C31H25Cl2N3O5S2. The summed E-state index contributed by atoms with van der Waals surface area (Å²) in [5.41, 5.74) is 2.91. The number of aliphatic hydroxyl groups excluding tert-OH is 1. The molecule has 220 valence electrons. The van der Waals surface area contributed by atoms with E-state index in [1.165, 1.54) is 28.0 Å². The fourth-order valence-corrected chi connectivity index (χ4v) is 7.32. The second-order valence-electron chi connectivity index (χ2n) is 10.2. The number of aliphatic hydroxyl groups is 1. The van der Waals surface area contributed by atoms with Gasteiger partial charge in [-0.2, -0.15) is 0 Å². The Bertz CT molecular complexity index is 1760. The molecule has 3 heterocycles. The van der Waals surface area contributed by atoms with Gasteiger partial charge in [0.15, 0.2) is 15.8 Å². The smallest absolute Gasteiger partial charge is 0.301 e. The Balaban J connectivity index is 1.39. The van der Waals surface area contributed by atoms with Gasteiger partial charge in [0.1, 0.15) is 19.0 Å². The Morgan fingerprint density at radius 1 is 1.02 bits per heavy atom. The van der Waals surface area contributed by atoms with E-state index in [9.17, 15) is 14.7 Å². The van der Waals surface area contributed by atoms with Gasteiger partial charge < -0.3 is 14.6 Å². The number of amides is 1. The number of thioether (sulfide) groups is 1. The lowest BCUT2D eigenvalue weighted by molar-refractivity contribution is -0.132. The van der Waals surface area contributed by atoms with Gasteiger partial charge >= 0.3 is 5.91 Å². The van der Waals surface area contributed by atoms with Gasteiger partial charge in [0, 0.05) is 21.4 Å². The van der Waals surface area contributed by atoms with Gasteiger partial charge in [-0.1, -0.05) is 90.5 Å². The van der Waals surface area contributed by atoms with Crippen molar-refractivity contribution in [3.05, 3.63) is 98.5 Å². The van der Waals surface area contributed by atoms with E-state index in [4.69, 9.17) is 32.7 Å². The van der Waals surface area contributed by atoms with Crippen molar-refractivity contribution in [1.82, 2.24) is 10.2 Å². The second-order valence-corrected chi connectivity index (χ2v) is 13.2. The normalized spacial score (nSPS) is 17.6. The van der Waals surface area contributed by atoms with E-state index in [0.717, 1.165) is 11.1 Å². The summed E-state index contributed by atoms with van der Waals surface area (Å²) in [6, 6.07) is 16.9. The summed E-state index contributed by atoms with van der Waals surface area (Å²) in [7, 11) is 0. The molecule has 1 aromatic heterocycles. The quantitative estimate of drug-likeness (QED) is 0.0713. The lowest BCUT2D eigenvalue weighted by Gasteiger charge is -2.23. The zero-order valence-electron chi connectivity index (χ0n) is 23.0. The summed E-state index contributed by atoms with van der Waals surface area (Å²) >= 11 is 14.9. The number of halogens is 2. The molecule has 1 fully saturated rings. The summed E-state index contributed by atoms with van der Waals surface area (Å²) in [5, 5.41) is 21.4. The number of benzene rings is 3. The molecule has 0 saturated carbocycles. The van der Waals surface area contributed by atoms with Crippen molar-refractivity contribution in [1.29, 1.82) is 0 Å². The zero-order chi connectivity index (χ0) is 30.2. The molecule has 0 unspecified atom stereocenters. The highest BCUT2D eigenvalue weighted by atomic mass is 35.5. The van der Waals surface area contributed by atoms with Crippen molar-refractivity contribution < 1.29 is 24.2 Å². The molecule has 12 heteroatoms. The Kier molecular flexibility index (Phi) is 8.37. The lowest BCUT2D eigenvalue weighted by Crippen LogP contribution is -2.29. The predicted molar refractivity (Wildman–Crippen MR) is 169 cm³/mol. The van der Waals surface area contributed by atoms with Crippen LogP contribution in [0.2, 0.25) is 10.0 Å². The number of carbonyl (C=O) groups excluding carboxylic acids is 2. The van der Waals surface area contributed by atoms with Crippen LogP contribution in [-0.2, 0) is 15.3 Å². The van der Waals surface area contributed by atoms with E-state index >= 15 is 0 Å². The lowest BCUT2D eigenvalue weighted by atomic mass is 9.93. The summed E-state index contributed by atoms with van der Waals surface area (Å²) in [5.74, 6) is -0.138. The molecule has 6 rings (SSSR count). The fraction of sp³-hybridized carbons (Fsp3) is 0.226. The minimum atomic E-state index is -0.925. The second kappa shape index (κ2) is 12.2. The molecule has 43 heavy (non-hydrogen) atoms. The van der Waals surface area contributed by atoms with Crippen LogP contribution in [0.3, 0.4) is 0 Å². The van der Waals surface area contributed by atoms with E-state index in [1.54, 1.807) is 30.3 Å². The van der Waals surface area contributed by atoms with E-state index < -0.39 is 17.7 Å². The maximum atomic E-state index is 13.6. The molecule has 0 aliphatic carbocycles. The minimum Gasteiger partial charge on any atom is -0.507 e. The van der Waals surface area contributed by atoms with Gasteiger partial charge in [-0.05, 0) is 52.9 Å². The van der Waals surface area contributed by atoms with Crippen LogP contribution in [0.25, 0.3) is 5.76 Å². The van der Waals surface area contributed by atoms with Gasteiger partial charge in [-0.3, -0.25) is 14.5 Å². The van der Waals surface area contributed by atoms with Crippen molar-refractivity contribution >= 4 is 68.9 Å². The molecule has 4 aromatic rings. The number of hydrogen-bond donors (Lipinski definition) is 1. The maximum Gasteiger partial charge on any atom is 0.301 e. The van der Waals surface area contributed by atoms with Crippen LogP contribution in [0.15, 0.2) is 70.6 Å². The first-order valence-electron chi connectivity index (χ1n) is 13.4. The number of anilines is 1. The van der Waals surface area contributed by atoms with E-state index in [1.807, 2.05) is 30.3 Å². The molecule has 1 amide bonds. The third kappa shape index (κ3) is 5.84. The number of rotatable bonds is 7. The van der Waals surface area contributed by atoms with Gasteiger partial charge in [0.05, 0.1) is 11.6 Å². The van der Waals surface area contributed by atoms with Gasteiger partial charge in [0.2, 0.25) is 5.13 Å². The zero-order valence-corrected chi connectivity index (χ0v) is 26.2. The first kappa shape index (κ1) is 29.5. The topological polar surface area (TPSA) is 102 Å². The number of fused-ring (bicyclic) bond motifs is 1. The molecule has 1 atom stereocenters.